The summed E-state index contributed by atoms with van der Waals surface area (Å²) >= 11 is 1.16. The lowest BCUT2D eigenvalue weighted by Gasteiger charge is -2.02. The molecule has 1 heterocycles. The van der Waals surface area contributed by atoms with Crippen molar-refractivity contribution in [3.05, 3.63) is 27.1 Å². The van der Waals surface area contributed by atoms with Crippen LogP contribution < -0.4 is 10.6 Å². The SMILES string of the molecule is CC(=O)NCCNCc1ccc([N+](=O)[O-])s1. The number of carbonyl (C=O) groups is 1. The van der Waals surface area contributed by atoms with Crippen molar-refractivity contribution in [2.75, 3.05) is 13.1 Å². The van der Waals surface area contributed by atoms with Crippen molar-refractivity contribution in [1.29, 1.82) is 0 Å². The van der Waals surface area contributed by atoms with Crippen LogP contribution in [0.1, 0.15) is 11.8 Å². The van der Waals surface area contributed by atoms with Crippen molar-refractivity contribution in [2.24, 2.45) is 0 Å². The van der Waals surface area contributed by atoms with Crippen LogP contribution in [0.5, 0.6) is 0 Å². The largest absolute Gasteiger partial charge is 0.355 e. The molecule has 16 heavy (non-hydrogen) atoms. The maximum Gasteiger partial charge on any atom is 0.324 e. The van der Waals surface area contributed by atoms with E-state index in [0.29, 0.717) is 19.6 Å². The molecule has 7 heteroatoms. The number of nitrogens with one attached hydrogen (secondary N) is 2. The maximum atomic E-state index is 10.5. The van der Waals surface area contributed by atoms with E-state index in [2.05, 4.69) is 10.6 Å². The van der Waals surface area contributed by atoms with Gasteiger partial charge in [0.25, 0.3) is 0 Å². The molecule has 1 rings (SSSR count). The molecule has 0 aliphatic heterocycles. The van der Waals surface area contributed by atoms with E-state index in [4.69, 9.17) is 0 Å². The number of nitrogens with zero attached hydrogens (tertiary/aromatic N) is 1. The molecule has 2 N–H and O–H groups in total. The van der Waals surface area contributed by atoms with Gasteiger partial charge in [-0.25, -0.2) is 0 Å². The highest BCUT2D eigenvalue weighted by atomic mass is 32.1. The van der Waals surface area contributed by atoms with Gasteiger partial charge in [0.1, 0.15) is 0 Å². The summed E-state index contributed by atoms with van der Waals surface area (Å²) < 4.78 is 0. The Morgan fingerprint density at radius 3 is 2.81 bits per heavy atom. The van der Waals surface area contributed by atoms with Gasteiger partial charge in [-0.3, -0.25) is 14.9 Å². The van der Waals surface area contributed by atoms with Gasteiger partial charge in [0.2, 0.25) is 5.91 Å². The van der Waals surface area contributed by atoms with Crippen molar-refractivity contribution < 1.29 is 9.72 Å². The fraction of sp³-hybridized carbons (Fsp3) is 0.444. The lowest BCUT2D eigenvalue weighted by Crippen LogP contribution is -2.29. The molecule has 0 fully saturated rings. The molecule has 0 spiro atoms. The zero-order valence-corrected chi connectivity index (χ0v) is 9.67. The molecule has 0 saturated carbocycles. The number of nitro groups is 1. The standard InChI is InChI=1S/C9H13N3O3S/c1-7(13)11-5-4-10-6-8-2-3-9(16-8)12(14)15/h2-3,10H,4-6H2,1H3,(H,11,13). The average molecular weight is 243 g/mol. The minimum absolute atomic E-state index is 0.0615. The highest BCUT2D eigenvalue weighted by molar-refractivity contribution is 7.15. The molecule has 0 saturated heterocycles. The monoisotopic (exact) mass is 243 g/mol. The van der Waals surface area contributed by atoms with Crippen LogP contribution >= 0.6 is 11.3 Å². The average Bonchev–Trinajstić information content (AvgIpc) is 2.65. The van der Waals surface area contributed by atoms with Crippen LogP contribution in [0, 0.1) is 10.1 Å². The summed E-state index contributed by atoms with van der Waals surface area (Å²) in [5.74, 6) is -0.0615. The van der Waals surface area contributed by atoms with Crippen LogP contribution in [0.2, 0.25) is 0 Å². The molecule has 0 radical (unpaired) electrons. The lowest BCUT2D eigenvalue weighted by molar-refractivity contribution is -0.380. The van der Waals surface area contributed by atoms with Crippen molar-refractivity contribution in [3.8, 4) is 0 Å². The van der Waals surface area contributed by atoms with Crippen LogP contribution in [0.3, 0.4) is 0 Å². The summed E-state index contributed by atoms with van der Waals surface area (Å²) in [6.45, 7) is 3.24. The molecule has 0 atom stereocenters. The summed E-state index contributed by atoms with van der Waals surface area (Å²) in [5, 5.41) is 16.3. The van der Waals surface area contributed by atoms with E-state index in [1.165, 1.54) is 13.0 Å². The van der Waals surface area contributed by atoms with E-state index in [1.54, 1.807) is 6.07 Å². The third-order valence-corrected chi connectivity index (χ3v) is 2.84. The number of amides is 1. The van der Waals surface area contributed by atoms with Crippen LogP contribution in [0.15, 0.2) is 12.1 Å². The second-order valence-electron chi connectivity index (χ2n) is 3.16. The number of thiophene rings is 1. The Labute approximate surface area is 96.8 Å². The van der Waals surface area contributed by atoms with Gasteiger partial charge in [-0.05, 0) is 6.07 Å². The Hall–Kier alpha value is -1.47. The van der Waals surface area contributed by atoms with Gasteiger partial charge in [-0.1, -0.05) is 11.3 Å². The summed E-state index contributed by atoms with van der Waals surface area (Å²) in [6.07, 6.45) is 0. The first-order valence-electron chi connectivity index (χ1n) is 4.78. The topological polar surface area (TPSA) is 84.3 Å². The van der Waals surface area contributed by atoms with Crippen molar-refractivity contribution in [3.63, 3.8) is 0 Å². The second-order valence-corrected chi connectivity index (χ2v) is 4.30. The van der Waals surface area contributed by atoms with E-state index < -0.39 is 4.92 Å². The molecule has 88 valence electrons. The number of hydrogen-bond acceptors (Lipinski definition) is 5. The minimum Gasteiger partial charge on any atom is -0.355 e. The van der Waals surface area contributed by atoms with Gasteiger partial charge >= 0.3 is 5.00 Å². The van der Waals surface area contributed by atoms with Gasteiger partial charge < -0.3 is 10.6 Å². The molecule has 1 amide bonds. The molecular weight excluding hydrogens is 230 g/mol. The zero-order chi connectivity index (χ0) is 12.0. The Kier molecular flexibility index (Phi) is 4.87. The second kappa shape index (κ2) is 6.19. The van der Waals surface area contributed by atoms with Crippen molar-refractivity contribution >= 4 is 22.2 Å². The molecule has 0 aliphatic rings. The number of carbonyl (C=O) groups excluding carboxylic acids is 1. The van der Waals surface area contributed by atoms with Gasteiger partial charge in [0, 0.05) is 37.5 Å². The fourth-order valence-electron chi connectivity index (χ4n) is 1.10. The van der Waals surface area contributed by atoms with Crippen molar-refractivity contribution in [2.45, 2.75) is 13.5 Å². The molecule has 0 aromatic carbocycles. The Morgan fingerprint density at radius 1 is 1.50 bits per heavy atom. The predicted molar refractivity (Wildman–Crippen MR) is 61.4 cm³/mol. The lowest BCUT2D eigenvalue weighted by atomic mass is 10.4. The van der Waals surface area contributed by atoms with E-state index >= 15 is 0 Å². The van der Waals surface area contributed by atoms with Crippen LogP contribution in [-0.4, -0.2) is 23.9 Å². The van der Waals surface area contributed by atoms with E-state index in [0.717, 1.165) is 16.2 Å². The maximum absolute atomic E-state index is 10.5. The van der Waals surface area contributed by atoms with E-state index in [9.17, 15) is 14.9 Å². The van der Waals surface area contributed by atoms with Crippen LogP contribution in [0.25, 0.3) is 0 Å². The normalized spacial score (nSPS) is 10.1. The van der Waals surface area contributed by atoms with Gasteiger partial charge in [0.05, 0.1) is 4.92 Å². The third kappa shape index (κ3) is 4.37. The molecule has 1 aromatic heterocycles. The Bertz CT molecular complexity index is 378. The molecule has 0 aliphatic carbocycles. The quantitative estimate of drug-likeness (QED) is 0.441. The van der Waals surface area contributed by atoms with Gasteiger partial charge in [-0.15, -0.1) is 0 Å². The molecule has 1 aromatic rings. The van der Waals surface area contributed by atoms with E-state index in [-0.39, 0.29) is 10.9 Å². The van der Waals surface area contributed by atoms with Crippen LogP contribution in [0.4, 0.5) is 5.00 Å². The molecule has 6 nitrogen and oxygen atoms in total. The fourth-order valence-corrected chi connectivity index (χ4v) is 1.89. The first-order valence-corrected chi connectivity index (χ1v) is 5.59. The van der Waals surface area contributed by atoms with Crippen LogP contribution in [-0.2, 0) is 11.3 Å². The molecule has 0 bridgehead atoms. The summed E-state index contributed by atoms with van der Waals surface area (Å²) in [4.78, 5) is 21.5. The highest BCUT2D eigenvalue weighted by Gasteiger charge is 2.08. The molecule has 0 unspecified atom stereocenters. The molecular formula is C9H13N3O3S. The summed E-state index contributed by atoms with van der Waals surface area (Å²) in [6, 6.07) is 3.23. The first-order chi connectivity index (χ1) is 7.59. The van der Waals surface area contributed by atoms with Crippen molar-refractivity contribution in [1.82, 2.24) is 10.6 Å². The Balaban J connectivity index is 2.21. The smallest absolute Gasteiger partial charge is 0.324 e. The number of hydrogen-bond donors (Lipinski definition) is 2. The zero-order valence-electron chi connectivity index (χ0n) is 8.86. The third-order valence-electron chi connectivity index (χ3n) is 1.80. The predicted octanol–water partition coefficient (Wildman–Crippen LogP) is 0.882. The summed E-state index contributed by atoms with van der Waals surface area (Å²) in [5.41, 5.74) is 0. The highest BCUT2D eigenvalue weighted by Crippen LogP contribution is 2.23. The van der Waals surface area contributed by atoms with Gasteiger partial charge in [0.15, 0.2) is 0 Å². The summed E-state index contributed by atoms with van der Waals surface area (Å²) in [7, 11) is 0. The minimum atomic E-state index is -0.397. The first kappa shape index (κ1) is 12.6. The van der Waals surface area contributed by atoms with Gasteiger partial charge in [-0.2, -0.15) is 0 Å². The number of rotatable bonds is 6. The van der Waals surface area contributed by atoms with E-state index in [1.807, 2.05) is 0 Å². The Morgan fingerprint density at radius 2 is 2.25 bits per heavy atom.